The number of hydrogen-bond donors (Lipinski definition) is 2. The molecule has 1 saturated carbocycles. The predicted molar refractivity (Wildman–Crippen MR) is 223 cm³/mol. The molecule has 3 aliphatic heterocycles. The third kappa shape index (κ3) is 7.52. The lowest BCUT2D eigenvalue weighted by atomic mass is 9.84. The van der Waals surface area contributed by atoms with Crippen LogP contribution in [0, 0.1) is 29.1 Å². The van der Waals surface area contributed by atoms with Crippen LogP contribution in [0.15, 0.2) is 41.9 Å². The molecule has 15 nitrogen and oxygen atoms in total. The number of esters is 1. The average molecular weight is 840 g/mol. The highest BCUT2D eigenvalue weighted by atomic mass is 32.1. The first-order valence-corrected chi connectivity index (χ1v) is 21.7. The van der Waals surface area contributed by atoms with E-state index in [1.54, 1.807) is 32.2 Å². The highest BCUT2D eigenvalue weighted by Crippen LogP contribution is 2.52. The predicted octanol–water partition coefficient (Wildman–Crippen LogP) is 4.85. The monoisotopic (exact) mass is 839 g/mol. The van der Waals surface area contributed by atoms with E-state index >= 15 is 0 Å². The minimum atomic E-state index is -1.55. The van der Waals surface area contributed by atoms with E-state index in [0.717, 1.165) is 39.0 Å². The highest BCUT2D eigenvalue weighted by molar-refractivity contribution is 7.10. The smallest absolute Gasteiger partial charge is 0.324 e. The van der Waals surface area contributed by atoms with Gasteiger partial charge in [-0.25, -0.2) is 10.4 Å². The molecule has 3 fully saturated rings. The molecule has 1 unspecified atom stereocenters. The number of aryl methyl sites for hydroxylation is 1. The topological polar surface area (TPSA) is 174 Å². The van der Waals surface area contributed by atoms with E-state index in [1.165, 1.54) is 16.3 Å². The number of methoxy groups -OCH3 is 1. The molecular weight excluding hydrogens is 787 g/mol. The third-order valence-electron chi connectivity index (χ3n) is 12.4. The number of benzene rings is 1. The lowest BCUT2D eigenvalue weighted by Crippen LogP contribution is -2.59. The number of carbonyl (C=O) groups is 5. The second-order valence-corrected chi connectivity index (χ2v) is 18.0. The van der Waals surface area contributed by atoms with Crippen LogP contribution in [0.1, 0.15) is 75.9 Å². The quantitative estimate of drug-likeness (QED) is 0.141. The Morgan fingerprint density at radius 3 is 2.65 bits per heavy atom. The van der Waals surface area contributed by atoms with Gasteiger partial charge < -0.3 is 23.7 Å². The van der Waals surface area contributed by atoms with Crippen molar-refractivity contribution < 1.29 is 38.2 Å². The molecule has 4 amide bonds. The summed E-state index contributed by atoms with van der Waals surface area (Å²) in [6.07, 6.45) is 1.76. The van der Waals surface area contributed by atoms with Crippen molar-refractivity contribution in [3.63, 3.8) is 0 Å². The van der Waals surface area contributed by atoms with Crippen molar-refractivity contribution in [3.8, 4) is 22.5 Å². The molecule has 7 atom stereocenters. The average Bonchev–Trinajstić information content (AvgIpc) is 3.45. The van der Waals surface area contributed by atoms with Gasteiger partial charge in [0.25, 0.3) is 5.91 Å². The van der Waals surface area contributed by atoms with Gasteiger partial charge in [0, 0.05) is 85.3 Å². The van der Waals surface area contributed by atoms with Crippen molar-refractivity contribution >= 4 is 51.8 Å². The minimum Gasteiger partial charge on any atom is -0.464 e. The molecule has 0 spiro atoms. The van der Waals surface area contributed by atoms with Gasteiger partial charge in [0.1, 0.15) is 17.2 Å². The van der Waals surface area contributed by atoms with Gasteiger partial charge in [-0.3, -0.25) is 39.3 Å². The maximum atomic E-state index is 14.6. The van der Waals surface area contributed by atoms with Gasteiger partial charge in [-0.05, 0) is 69.9 Å². The van der Waals surface area contributed by atoms with Crippen molar-refractivity contribution in [1.82, 2.24) is 35.2 Å². The van der Waals surface area contributed by atoms with Crippen molar-refractivity contribution in [1.29, 1.82) is 0 Å². The Hall–Kier alpha value is -5.03. The summed E-state index contributed by atoms with van der Waals surface area (Å²) in [7, 11) is 3.36. The lowest BCUT2D eigenvalue weighted by Gasteiger charge is -2.36. The van der Waals surface area contributed by atoms with Gasteiger partial charge in [-0.15, -0.1) is 11.3 Å². The second kappa shape index (κ2) is 16.4. The van der Waals surface area contributed by atoms with Crippen LogP contribution >= 0.6 is 11.3 Å². The summed E-state index contributed by atoms with van der Waals surface area (Å²) in [6, 6.07) is 9.37. The Bertz CT molecular complexity index is 2360. The van der Waals surface area contributed by atoms with Crippen molar-refractivity contribution in [2.24, 2.45) is 29.1 Å². The Morgan fingerprint density at radius 1 is 1.13 bits per heavy atom. The Morgan fingerprint density at radius 2 is 1.93 bits per heavy atom. The molecule has 60 heavy (non-hydrogen) atoms. The van der Waals surface area contributed by atoms with E-state index < -0.39 is 59.0 Å². The van der Waals surface area contributed by atoms with E-state index in [-0.39, 0.29) is 37.7 Å². The number of thiazole rings is 1. The molecule has 6 heterocycles. The number of aromatic nitrogens is 3. The maximum absolute atomic E-state index is 14.6. The normalized spacial score (nSPS) is 25.8. The fourth-order valence-electron chi connectivity index (χ4n) is 9.29. The van der Waals surface area contributed by atoms with Crippen LogP contribution in [0.5, 0.6) is 0 Å². The zero-order valence-electron chi connectivity index (χ0n) is 35.2. The Kier molecular flexibility index (Phi) is 11.4. The van der Waals surface area contributed by atoms with Gasteiger partial charge in [-0.2, -0.15) is 0 Å². The summed E-state index contributed by atoms with van der Waals surface area (Å²) in [5, 5.41) is 7.02. The molecule has 6 bridgehead atoms. The summed E-state index contributed by atoms with van der Waals surface area (Å²) in [5.74, 6) is -5.60. The zero-order valence-corrected chi connectivity index (χ0v) is 36.0. The molecule has 2 N–H and O–H groups in total. The molecule has 4 aromatic rings. The number of rotatable bonds is 8. The van der Waals surface area contributed by atoms with Crippen LogP contribution < -0.4 is 10.7 Å². The number of hydrogen-bond acceptors (Lipinski definition) is 12. The molecule has 3 aromatic heterocycles. The summed E-state index contributed by atoms with van der Waals surface area (Å²) < 4.78 is 20.4. The third-order valence-corrected chi connectivity index (χ3v) is 13.3. The van der Waals surface area contributed by atoms with Crippen molar-refractivity contribution in [2.75, 3.05) is 40.5 Å². The number of cyclic esters (lactones) is 1. The number of fused-ring (bicyclic) bond motifs is 7. The number of nitrogens with one attached hydrogen (secondary N) is 2. The van der Waals surface area contributed by atoms with E-state index in [1.807, 2.05) is 24.4 Å². The first-order valence-electron chi connectivity index (χ1n) is 20.8. The molecule has 0 radical (unpaired) electrons. The minimum absolute atomic E-state index is 0.0979. The van der Waals surface area contributed by atoms with Crippen molar-refractivity contribution in [3.05, 3.63) is 58.2 Å². The van der Waals surface area contributed by atoms with Crippen LogP contribution in [-0.2, 0) is 51.1 Å². The first kappa shape index (κ1) is 41.7. The number of carbonyl (C=O) groups excluding carboxylic acids is 5. The lowest BCUT2D eigenvalue weighted by molar-refractivity contribution is -0.159. The van der Waals surface area contributed by atoms with E-state index in [2.05, 4.69) is 54.3 Å². The van der Waals surface area contributed by atoms with Gasteiger partial charge in [-0.1, -0.05) is 19.9 Å². The molecule has 4 aliphatic rings. The SMILES string of the molecule is CCO[C@@H]1c2nc(cs2)-c2ccc3c(c2)c(c(-c2cccnc2[C@H](C)OC)n3CC)CC(C)(C)COC(=O)[C@@H]2CCCN(N2)C(=O)C1C(=O)NC(=O)[C@@H]1[C@H]2CN(C)C(=O)[C@H]21. The van der Waals surface area contributed by atoms with Crippen LogP contribution in [0.2, 0.25) is 0 Å². The standard InChI is InChI=1S/C44H53N7O8S/c1-8-50-31-15-14-24-18-26(31)27(36(50)25-12-10-16-45-35(25)23(3)57-7)19-44(4,5)22-59-43(56)29-13-11-17-51(48-29)42(55)34(37(58-9-2)40-46-30(24)21-60-40)39(53)47-38(52)32-28-20-49(6)41(54)33(28)32/h10,12,14-16,18,21,23,28-29,32-34,37,48H,8-9,11,13,17,19-20,22H2,1-7H3,(H,47,52,53)/t23-,28+,29-,32+,33+,34?,37-/m0/s1. The van der Waals surface area contributed by atoms with Gasteiger partial charge in [0.2, 0.25) is 17.7 Å². The number of hydrazine groups is 1. The van der Waals surface area contributed by atoms with E-state index in [0.29, 0.717) is 43.1 Å². The largest absolute Gasteiger partial charge is 0.464 e. The molecule has 1 aromatic carbocycles. The Labute approximate surface area is 353 Å². The van der Waals surface area contributed by atoms with Gasteiger partial charge in [0.15, 0.2) is 5.92 Å². The van der Waals surface area contributed by atoms with Crippen molar-refractivity contribution in [2.45, 2.75) is 78.7 Å². The number of nitrogens with zero attached hydrogens (tertiary/aromatic N) is 5. The van der Waals surface area contributed by atoms with E-state index in [4.69, 9.17) is 24.2 Å². The van der Waals surface area contributed by atoms with Crippen LogP contribution in [0.25, 0.3) is 33.4 Å². The van der Waals surface area contributed by atoms with Gasteiger partial charge >= 0.3 is 5.97 Å². The van der Waals surface area contributed by atoms with Gasteiger partial charge in [0.05, 0.1) is 41.6 Å². The first-order chi connectivity index (χ1) is 28.8. The van der Waals surface area contributed by atoms with E-state index in [9.17, 15) is 24.0 Å². The molecule has 318 valence electrons. The summed E-state index contributed by atoms with van der Waals surface area (Å²) in [5.41, 5.74) is 8.83. The Balaban J connectivity index is 1.24. The number of piperidine rings is 1. The molecule has 8 rings (SSSR count). The number of ether oxygens (including phenoxy) is 3. The maximum Gasteiger partial charge on any atom is 0.324 e. The summed E-state index contributed by atoms with van der Waals surface area (Å²) in [6.45, 7) is 11.5. The molecule has 16 heteroatoms. The number of imide groups is 1. The summed E-state index contributed by atoms with van der Waals surface area (Å²) >= 11 is 1.26. The molecular formula is C44H53N7O8S. The second-order valence-electron chi connectivity index (χ2n) is 17.1. The molecule has 1 aliphatic carbocycles. The van der Waals surface area contributed by atoms with Crippen LogP contribution in [0.3, 0.4) is 0 Å². The fraction of sp³-hybridized carbons (Fsp3) is 0.523. The fourth-order valence-corrected chi connectivity index (χ4v) is 10.2. The number of amides is 4. The van der Waals surface area contributed by atoms with Crippen LogP contribution in [-0.4, -0.2) is 101 Å². The number of pyridine rings is 1. The van der Waals surface area contributed by atoms with Crippen LogP contribution in [0.4, 0.5) is 0 Å². The molecule has 2 saturated heterocycles. The zero-order chi connectivity index (χ0) is 42.6. The number of likely N-dealkylation sites (tertiary alicyclic amines) is 1. The summed E-state index contributed by atoms with van der Waals surface area (Å²) in [4.78, 5) is 80.3. The highest BCUT2D eigenvalue weighted by Gasteiger charge is 2.64.